The van der Waals surface area contributed by atoms with Crippen LogP contribution in [0.3, 0.4) is 0 Å². The van der Waals surface area contributed by atoms with Crippen molar-refractivity contribution in [1.82, 2.24) is 5.32 Å². The summed E-state index contributed by atoms with van der Waals surface area (Å²) in [6, 6.07) is 0. The molecule has 1 N–H and O–H groups in total. The third kappa shape index (κ3) is 4.80. The van der Waals surface area contributed by atoms with Gasteiger partial charge in [0.15, 0.2) is 8.07 Å². The molecular formula is C11H23NO2Si. The van der Waals surface area contributed by atoms with E-state index in [4.69, 9.17) is 4.74 Å². The molecule has 0 bridgehead atoms. The quantitative estimate of drug-likeness (QED) is 0.752. The molecule has 0 aromatic rings. The van der Waals surface area contributed by atoms with Crippen molar-refractivity contribution in [2.75, 3.05) is 19.7 Å². The van der Waals surface area contributed by atoms with Gasteiger partial charge in [-0.05, 0) is 38.3 Å². The SMILES string of the molecule is C[Si](C)(C)C(=O)OCCC1CCNCC1. The minimum atomic E-state index is -1.72. The summed E-state index contributed by atoms with van der Waals surface area (Å²) in [7, 11) is -1.72. The molecule has 1 aliphatic heterocycles. The summed E-state index contributed by atoms with van der Waals surface area (Å²) in [5.41, 5.74) is 0.0523. The molecule has 0 spiro atoms. The van der Waals surface area contributed by atoms with Gasteiger partial charge in [-0.2, -0.15) is 0 Å². The van der Waals surface area contributed by atoms with Crippen LogP contribution in [0, 0.1) is 5.92 Å². The fourth-order valence-corrected chi connectivity index (χ4v) is 2.24. The van der Waals surface area contributed by atoms with Gasteiger partial charge in [0.2, 0.25) is 0 Å². The maximum Gasteiger partial charge on any atom is 0.271 e. The number of carbonyl (C=O) groups excluding carboxylic acids is 1. The lowest BCUT2D eigenvalue weighted by atomic mass is 9.95. The normalized spacial score (nSPS) is 18.9. The predicted octanol–water partition coefficient (Wildman–Crippen LogP) is 2.43. The molecule has 88 valence electrons. The zero-order valence-electron chi connectivity index (χ0n) is 10.1. The van der Waals surface area contributed by atoms with Gasteiger partial charge in [-0.25, -0.2) is 0 Å². The molecule has 0 unspecified atom stereocenters. The Morgan fingerprint density at radius 1 is 1.33 bits per heavy atom. The van der Waals surface area contributed by atoms with Crippen molar-refractivity contribution in [3.8, 4) is 0 Å². The molecule has 1 rings (SSSR count). The van der Waals surface area contributed by atoms with Crippen molar-refractivity contribution >= 4 is 13.7 Å². The fourth-order valence-electron chi connectivity index (χ4n) is 1.71. The number of carbonyl (C=O) groups is 1. The minimum absolute atomic E-state index is 0.0523. The van der Waals surface area contributed by atoms with Gasteiger partial charge in [0.05, 0.1) is 6.61 Å². The number of hydrogen-bond donors (Lipinski definition) is 1. The lowest BCUT2D eigenvalue weighted by Crippen LogP contribution is -2.35. The number of hydrogen-bond acceptors (Lipinski definition) is 3. The van der Waals surface area contributed by atoms with Crippen LogP contribution in [0.5, 0.6) is 0 Å². The standard InChI is InChI=1S/C11H23NO2Si/c1-15(2,3)11(13)14-9-6-10-4-7-12-8-5-10/h10,12H,4-9H2,1-3H3. The highest BCUT2D eigenvalue weighted by atomic mass is 28.3. The van der Waals surface area contributed by atoms with E-state index in [9.17, 15) is 4.79 Å². The van der Waals surface area contributed by atoms with Crippen LogP contribution in [0.1, 0.15) is 19.3 Å². The number of ether oxygens (including phenoxy) is 1. The molecule has 0 atom stereocenters. The summed E-state index contributed by atoms with van der Waals surface area (Å²) in [6.07, 6.45) is 3.49. The molecule has 0 saturated carbocycles. The molecule has 3 nitrogen and oxygen atoms in total. The van der Waals surface area contributed by atoms with Gasteiger partial charge in [-0.3, -0.25) is 4.79 Å². The highest BCUT2D eigenvalue weighted by molar-refractivity contribution is 7.02. The first-order valence-electron chi connectivity index (χ1n) is 5.88. The number of rotatable bonds is 4. The Hall–Kier alpha value is -0.353. The second kappa shape index (κ2) is 5.65. The number of piperidine rings is 1. The summed E-state index contributed by atoms with van der Waals surface area (Å²) in [5.74, 6) is 0.751. The largest absolute Gasteiger partial charge is 0.470 e. The second-order valence-corrected chi connectivity index (χ2v) is 10.3. The van der Waals surface area contributed by atoms with E-state index < -0.39 is 8.07 Å². The van der Waals surface area contributed by atoms with Crippen molar-refractivity contribution < 1.29 is 9.53 Å². The smallest absolute Gasteiger partial charge is 0.271 e. The van der Waals surface area contributed by atoms with Crippen LogP contribution in [-0.2, 0) is 4.74 Å². The maximum atomic E-state index is 11.5. The topological polar surface area (TPSA) is 38.3 Å². The molecule has 1 heterocycles. The van der Waals surface area contributed by atoms with E-state index in [1.165, 1.54) is 12.8 Å². The van der Waals surface area contributed by atoms with Gasteiger partial charge in [0.25, 0.3) is 5.59 Å². The van der Waals surface area contributed by atoms with Gasteiger partial charge in [0.1, 0.15) is 0 Å². The molecule has 0 aromatic carbocycles. The van der Waals surface area contributed by atoms with Crippen LogP contribution in [0.2, 0.25) is 19.6 Å². The third-order valence-electron chi connectivity index (χ3n) is 2.83. The van der Waals surface area contributed by atoms with Crippen molar-refractivity contribution in [1.29, 1.82) is 0 Å². The van der Waals surface area contributed by atoms with E-state index >= 15 is 0 Å². The van der Waals surface area contributed by atoms with Crippen LogP contribution in [0.15, 0.2) is 0 Å². The average Bonchev–Trinajstić information content (AvgIpc) is 2.18. The molecule has 1 fully saturated rings. The van der Waals surface area contributed by atoms with Crippen LogP contribution in [0.4, 0.5) is 4.79 Å². The zero-order valence-corrected chi connectivity index (χ0v) is 11.1. The van der Waals surface area contributed by atoms with Crippen molar-refractivity contribution in [2.45, 2.75) is 38.9 Å². The summed E-state index contributed by atoms with van der Waals surface area (Å²) >= 11 is 0. The molecule has 0 amide bonds. The van der Waals surface area contributed by atoms with E-state index in [2.05, 4.69) is 5.32 Å². The highest BCUT2D eigenvalue weighted by Gasteiger charge is 2.26. The zero-order chi connectivity index (χ0) is 11.3. The van der Waals surface area contributed by atoms with Gasteiger partial charge in [-0.1, -0.05) is 19.6 Å². The Labute approximate surface area is 93.6 Å². The van der Waals surface area contributed by atoms with Gasteiger partial charge in [-0.15, -0.1) is 0 Å². The van der Waals surface area contributed by atoms with Crippen molar-refractivity contribution in [3.05, 3.63) is 0 Å². The van der Waals surface area contributed by atoms with Crippen molar-refractivity contribution in [3.63, 3.8) is 0 Å². The van der Waals surface area contributed by atoms with Gasteiger partial charge in [0, 0.05) is 0 Å². The third-order valence-corrected chi connectivity index (χ3v) is 4.20. The Morgan fingerprint density at radius 2 is 1.93 bits per heavy atom. The number of nitrogens with one attached hydrogen (secondary N) is 1. The lowest BCUT2D eigenvalue weighted by molar-refractivity contribution is 0.157. The monoisotopic (exact) mass is 229 g/mol. The summed E-state index contributed by atoms with van der Waals surface area (Å²) in [6.45, 7) is 8.94. The lowest BCUT2D eigenvalue weighted by Gasteiger charge is -2.23. The molecule has 1 aliphatic rings. The molecule has 15 heavy (non-hydrogen) atoms. The van der Waals surface area contributed by atoms with E-state index in [1.807, 2.05) is 19.6 Å². The van der Waals surface area contributed by atoms with E-state index in [0.717, 1.165) is 25.4 Å². The van der Waals surface area contributed by atoms with E-state index in [1.54, 1.807) is 0 Å². The Balaban J connectivity index is 2.12. The van der Waals surface area contributed by atoms with E-state index in [-0.39, 0.29) is 5.59 Å². The summed E-state index contributed by atoms with van der Waals surface area (Å²) < 4.78 is 5.31. The average molecular weight is 229 g/mol. The summed E-state index contributed by atoms with van der Waals surface area (Å²) in [4.78, 5) is 11.5. The molecule has 1 saturated heterocycles. The first kappa shape index (κ1) is 12.7. The molecule has 4 heteroatoms. The summed E-state index contributed by atoms with van der Waals surface area (Å²) in [5, 5.41) is 3.34. The van der Waals surface area contributed by atoms with Crippen LogP contribution < -0.4 is 5.32 Å². The minimum Gasteiger partial charge on any atom is -0.470 e. The molecular weight excluding hydrogens is 206 g/mol. The van der Waals surface area contributed by atoms with Crippen LogP contribution in [0.25, 0.3) is 0 Å². The van der Waals surface area contributed by atoms with Crippen molar-refractivity contribution in [2.24, 2.45) is 5.92 Å². The first-order chi connectivity index (χ1) is 7.00. The molecule has 0 aromatic heterocycles. The predicted molar refractivity (Wildman–Crippen MR) is 64.9 cm³/mol. The van der Waals surface area contributed by atoms with E-state index in [0.29, 0.717) is 6.61 Å². The first-order valence-corrected chi connectivity index (χ1v) is 9.38. The Kier molecular flexibility index (Phi) is 4.79. The van der Waals surface area contributed by atoms with Gasteiger partial charge >= 0.3 is 0 Å². The highest BCUT2D eigenvalue weighted by Crippen LogP contribution is 2.16. The Morgan fingerprint density at radius 3 is 2.47 bits per heavy atom. The van der Waals surface area contributed by atoms with Crippen LogP contribution >= 0.6 is 0 Å². The molecule has 0 radical (unpaired) electrons. The molecule has 0 aliphatic carbocycles. The van der Waals surface area contributed by atoms with Gasteiger partial charge < -0.3 is 10.1 Å². The second-order valence-electron chi connectivity index (χ2n) is 5.37. The Bertz CT molecular complexity index is 207. The fraction of sp³-hybridized carbons (Fsp3) is 0.909. The van der Waals surface area contributed by atoms with Crippen LogP contribution in [-0.4, -0.2) is 33.4 Å². The maximum absolute atomic E-state index is 11.5.